The first-order valence-corrected chi connectivity index (χ1v) is 9.23. The molecule has 1 atom stereocenters. The normalized spacial score (nSPS) is 23.3. The van der Waals surface area contributed by atoms with Crippen LogP contribution in [0.3, 0.4) is 0 Å². The lowest BCUT2D eigenvalue weighted by molar-refractivity contribution is -0.139. The van der Waals surface area contributed by atoms with Crippen LogP contribution in [0.1, 0.15) is 58.8 Å². The number of hydrogen-bond donors (Lipinski definition) is 1. The maximum absolute atomic E-state index is 12.3. The Bertz CT molecular complexity index is 392. The third-order valence-corrected chi connectivity index (χ3v) is 4.93. The smallest absolute Gasteiger partial charge is 0.224 e. The van der Waals surface area contributed by atoms with Crippen LogP contribution in [0.15, 0.2) is 0 Å². The van der Waals surface area contributed by atoms with Gasteiger partial charge in [0.05, 0.1) is 18.6 Å². The molecule has 1 heterocycles. The molecular weight excluding hydrogens is 292 g/mol. The Morgan fingerprint density at radius 3 is 2.70 bits per heavy atom. The highest BCUT2D eigenvalue weighted by Gasteiger charge is 2.31. The van der Waals surface area contributed by atoms with Gasteiger partial charge >= 0.3 is 0 Å². The predicted molar refractivity (Wildman–Crippen MR) is 90.0 cm³/mol. The van der Waals surface area contributed by atoms with E-state index in [4.69, 9.17) is 4.74 Å². The number of nitrogens with zero attached hydrogens (tertiary/aromatic N) is 1. The molecule has 0 aromatic carbocycles. The molecule has 132 valence electrons. The van der Waals surface area contributed by atoms with Gasteiger partial charge in [0.2, 0.25) is 11.8 Å². The molecule has 1 N–H and O–H groups in total. The van der Waals surface area contributed by atoms with Crippen molar-refractivity contribution in [2.24, 2.45) is 11.8 Å². The van der Waals surface area contributed by atoms with Gasteiger partial charge in [-0.25, -0.2) is 0 Å². The summed E-state index contributed by atoms with van der Waals surface area (Å²) in [6, 6.07) is 0. The van der Waals surface area contributed by atoms with Crippen molar-refractivity contribution < 1.29 is 14.3 Å². The minimum atomic E-state index is -0.0599. The van der Waals surface area contributed by atoms with Crippen molar-refractivity contribution in [1.82, 2.24) is 10.2 Å². The fourth-order valence-electron chi connectivity index (χ4n) is 3.60. The first-order valence-electron chi connectivity index (χ1n) is 9.23. The standard InChI is InChI=1S/C18H32N2O3/c1-14(2)23-11-10-19-18(22)16-8-9-17(21)20(13-16)12-15-6-4-3-5-7-15/h14-16H,3-13H2,1-2H3,(H,19,22). The first kappa shape index (κ1) is 18.2. The fraction of sp³-hybridized carbons (Fsp3) is 0.889. The minimum Gasteiger partial charge on any atom is -0.377 e. The quantitative estimate of drug-likeness (QED) is 0.731. The van der Waals surface area contributed by atoms with Crippen LogP contribution in [0.5, 0.6) is 0 Å². The van der Waals surface area contributed by atoms with Gasteiger partial charge in [-0.3, -0.25) is 9.59 Å². The SMILES string of the molecule is CC(C)OCCNC(=O)C1CCC(=O)N(CC2CCCCC2)C1. The van der Waals surface area contributed by atoms with Gasteiger partial charge in [-0.1, -0.05) is 19.3 Å². The molecule has 2 aliphatic rings. The van der Waals surface area contributed by atoms with E-state index in [9.17, 15) is 9.59 Å². The Morgan fingerprint density at radius 1 is 1.26 bits per heavy atom. The number of carbonyl (C=O) groups excluding carboxylic acids is 2. The van der Waals surface area contributed by atoms with Gasteiger partial charge in [-0.05, 0) is 39.0 Å². The summed E-state index contributed by atoms with van der Waals surface area (Å²) in [6.45, 7) is 6.49. The maximum Gasteiger partial charge on any atom is 0.224 e. The highest BCUT2D eigenvalue weighted by Crippen LogP contribution is 2.26. The van der Waals surface area contributed by atoms with E-state index in [0.29, 0.717) is 38.5 Å². The van der Waals surface area contributed by atoms with E-state index >= 15 is 0 Å². The van der Waals surface area contributed by atoms with Crippen molar-refractivity contribution in [2.75, 3.05) is 26.2 Å². The predicted octanol–water partition coefficient (Wildman–Crippen LogP) is 2.35. The Balaban J connectivity index is 1.74. The molecule has 2 rings (SSSR count). The third kappa shape index (κ3) is 6.13. The molecule has 1 saturated heterocycles. The van der Waals surface area contributed by atoms with Gasteiger partial charge < -0.3 is 15.0 Å². The van der Waals surface area contributed by atoms with E-state index < -0.39 is 0 Å². The summed E-state index contributed by atoms with van der Waals surface area (Å²) in [5.74, 6) is 0.866. The summed E-state index contributed by atoms with van der Waals surface area (Å²) in [6.07, 6.45) is 7.72. The Hall–Kier alpha value is -1.10. The first-order chi connectivity index (χ1) is 11.1. The number of rotatable bonds is 7. The molecule has 1 unspecified atom stereocenters. The summed E-state index contributed by atoms with van der Waals surface area (Å²) < 4.78 is 5.44. The Morgan fingerprint density at radius 2 is 2.00 bits per heavy atom. The zero-order valence-corrected chi connectivity index (χ0v) is 14.7. The number of nitrogens with one attached hydrogen (secondary N) is 1. The van der Waals surface area contributed by atoms with E-state index in [1.165, 1.54) is 32.1 Å². The highest BCUT2D eigenvalue weighted by molar-refractivity contribution is 5.83. The highest BCUT2D eigenvalue weighted by atomic mass is 16.5. The number of amides is 2. The maximum atomic E-state index is 12.3. The topological polar surface area (TPSA) is 58.6 Å². The van der Waals surface area contributed by atoms with Gasteiger partial charge in [0, 0.05) is 26.1 Å². The largest absolute Gasteiger partial charge is 0.377 e. The van der Waals surface area contributed by atoms with Gasteiger partial charge in [0.1, 0.15) is 0 Å². The second-order valence-electron chi connectivity index (χ2n) is 7.25. The summed E-state index contributed by atoms with van der Waals surface area (Å²) in [4.78, 5) is 26.4. The van der Waals surface area contributed by atoms with Crippen molar-refractivity contribution in [3.8, 4) is 0 Å². The molecule has 0 aromatic heterocycles. The third-order valence-electron chi connectivity index (χ3n) is 4.93. The van der Waals surface area contributed by atoms with Crippen molar-refractivity contribution in [1.29, 1.82) is 0 Å². The molecule has 0 aromatic rings. The fourth-order valence-corrected chi connectivity index (χ4v) is 3.60. The Kier molecular flexibility index (Phi) is 7.34. The van der Waals surface area contributed by atoms with E-state index in [1.807, 2.05) is 18.7 Å². The summed E-state index contributed by atoms with van der Waals surface area (Å²) in [5, 5.41) is 2.94. The molecule has 0 bridgehead atoms. The lowest BCUT2D eigenvalue weighted by atomic mass is 9.87. The van der Waals surface area contributed by atoms with E-state index in [-0.39, 0.29) is 23.8 Å². The molecule has 2 amide bonds. The molecule has 1 saturated carbocycles. The minimum absolute atomic E-state index is 0.0599. The van der Waals surface area contributed by atoms with Gasteiger partial charge in [0.15, 0.2) is 0 Å². The van der Waals surface area contributed by atoms with Crippen LogP contribution in [0.2, 0.25) is 0 Å². The van der Waals surface area contributed by atoms with Crippen LogP contribution in [0.4, 0.5) is 0 Å². The van der Waals surface area contributed by atoms with Crippen LogP contribution in [-0.4, -0.2) is 49.1 Å². The molecule has 5 heteroatoms. The lowest BCUT2D eigenvalue weighted by Gasteiger charge is -2.35. The van der Waals surface area contributed by atoms with Gasteiger partial charge in [-0.2, -0.15) is 0 Å². The molecule has 1 aliphatic heterocycles. The van der Waals surface area contributed by atoms with Gasteiger partial charge in [0.25, 0.3) is 0 Å². The van der Waals surface area contributed by atoms with Crippen LogP contribution in [0.25, 0.3) is 0 Å². The summed E-state index contributed by atoms with van der Waals surface area (Å²) >= 11 is 0. The molecule has 0 spiro atoms. The molecule has 1 aliphatic carbocycles. The molecule has 0 radical (unpaired) electrons. The second-order valence-corrected chi connectivity index (χ2v) is 7.25. The van der Waals surface area contributed by atoms with E-state index in [1.54, 1.807) is 0 Å². The van der Waals surface area contributed by atoms with Crippen molar-refractivity contribution >= 4 is 11.8 Å². The number of likely N-dealkylation sites (tertiary alicyclic amines) is 1. The zero-order chi connectivity index (χ0) is 16.7. The monoisotopic (exact) mass is 324 g/mol. The average molecular weight is 324 g/mol. The average Bonchev–Trinajstić information content (AvgIpc) is 2.54. The van der Waals surface area contributed by atoms with Gasteiger partial charge in [-0.15, -0.1) is 0 Å². The van der Waals surface area contributed by atoms with Crippen LogP contribution in [-0.2, 0) is 14.3 Å². The van der Waals surface area contributed by atoms with Crippen molar-refractivity contribution in [3.05, 3.63) is 0 Å². The Labute approximate surface area is 140 Å². The summed E-state index contributed by atoms with van der Waals surface area (Å²) in [7, 11) is 0. The summed E-state index contributed by atoms with van der Waals surface area (Å²) in [5.41, 5.74) is 0. The van der Waals surface area contributed by atoms with Crippen LogP contribution >= 0.6 is 0 Å². The lowest BCUT2D eigenvalue weighted by Crippen LogP contribution is -2.47. The number of piperidine rings is 1. The number of ether oxygens (including phenoxy) is 1. The molecule has 23 heavy (non-hydrogen) atoms. The molecule has 2 fully saturated rings. The van der Waals surface area contributed by atoms with E-state index in [0.717, 1.165) is 6.54 Å². The van der Waals surface area contributed by atoms with Crippen molar-refractivity contribution in [3.63, 3.8) is 0 Å². The number of hydrogen-bond acceptors (Lipinski definition) is 3. The van der Waals surface area contributed by atoms with Crippen LogP contribution < -0.4 is 5.32 Å². The molecule has 5 nitrogen and oxygen atoms in total. The molecular formula is C18H32N2O3. The zero-order valence-electron chi connectivity index (χ0n) is 14.7. The van der Waals surface area contributed by atoms with Crippen molar-refractivity contribution in [2.45, 2.75) is 64.9 Å². The van der Waals surface area contributed by atoms with Crippen LogP contribution in [0, 0.1) is 11.8 Å². The number of carbonyl (C=O) groups is 2. The second kappa shape index (κ2) is 9.26. The van der Waals surface area contributed by atoms with E-state index in [2.05, 4.69) is 5.32 Å².